The lowest BCUT2D eigenvalue weighted by molar-refractivity contribution is -0.117. The van der Waals surface area contributed by atoms with Gasteiger partial charge in [-0.2, -0.15) is 10.4 Å². The topological polar surface area (TPSA) is 89.2 Å². The van der Waals surface area contributed by atoms with E-state index < -0.39 is 5.91 Å². The summed E-state index contributed by atoms with van der Waals surface area (Å²) < 4.78 is 12.5. The highest BCUT2D eigenvalue weighted by molar-refractivity contribution is 6.02. The Morgan fingerprint density at radius 3 is 2.72 bits per heavy atom. The van der Waals surface area contributed by atoms with E-state index in [1.807, 2.05) is 66.9 Å². The van der Waals surface area contributed by atoms with Gasteiger partial charge in [-0.3, -0.25) is 4.79 Å². The molecule has 0 saturated carbocycles. The third kappa shape index (κ3) is 4.88. The molecule has 1 aliphatic rings. The molecule has 0 spiro atoms. The van der Waals surface area contributed by atoms with Crippen LogP contribution in [0.3, 0.4) is 0 Å². The van der Waals surface area contributed by atoms with Crippen molar-refractivity contribution in [2.45, 2.75) is 18.9 Å². The van der Waals surface area contributed by atoms with Crippen LogP contribution in [-0.4, -0.2) is 42.1 Å². The fraction of sp³-hybridized carbons (Fsp3) is 0.240. The van der Waals surface area contributed by atoms with E-state index >= 15 is 0 Å². The Kier molecular flexibility index (Phi) is 6.63. The van der Waals surface area contributed by atoms with Crippen LogP contribution in [0.1, 0.15) is 18.4 Å². The maximum absolute atomic E-state index is 12.6. The maximum atomic E-state index is 12.6. The molecule has 2 heterocycles. The van der Waals surface area contributed by atoms with Crippen LogP contribution in [0.2, 0.25) is 0 Å². The van der Waals surface area contributed by atoms with Crippen molar-refractivity contribution < 1.29 is 14.3 Å². The molecule has 0 bridgehead atoms. The van der Waals surface area contributed by atoms with E-state index in [4.69, 9.17) is 14.6 Å². The highest BCUT2D eigenvalue weighted by Gasteiger charge is 2.19. The third-order valence-electron chi connectivity index (χ3n) is 5.31. The number of amides is 1. The average Bonchev–Trinajstić information content (AvgIpc) is 3.52. The molecule has 1 N–H and O–H groups in total. The van der Waals surface area contributed by atoms with Gasteiger partial charge in [0.1, 0.15) is 17.4 Å². The summed E-state index contributed by atoms with van der Waals surface area (Å²) in [7, 11) is 1.61. The second-order valence-corrected chi connectivity index (χ2v) is 7.46. The van der Waals surface area contributed by atoms with E-state index in [-0.39, 0.29) is 11.7 Å². The molecule has 3 aromatic rings. The molecule has 0 aliphatic carbocycles. The molecule has 1 aromatic heterocycles. The Labute approximate surface area is 186 Å². The third-order valence-corrected chi connectivity index (χ3v) is 5.31. The Hall–Kier alpha value is -3.89. The number of methoxy groups -OCH3 is 1. The number of ether oxygens (including phenoxy) is 2. The number of aromatic nitrogens is 2. The second-order valence-electron chi connectivity index (χ2n) is 7.46. The first-order valence-electron chi connectivity index (χ1n) is 10.5. The Morgan fingerprint density at radius 2 is 2.06 bits per heavy atom. The van der Waals surface area contributed by atoms with Crippen LogP contribution in [0.5, 0.6) is 5.75 Å². The van der Waals surface area contributed by atoms with Crippen LogP contribution in [-0.2, 0) is 9.53 Å². The van der Waals surface area contributed by atoms with Crippen molar-refractivity contribution >= 4 is 12.0 Å². The first-order chi connectivity index (χ1) is 15.7. The van der Waals surface area contributed by atoms with Gasteiger partial charge in [0.25, 0.3) is 5.91 Å². The van der Waals surface area contributed by atoms with Gasteiger partial charge < -0.3 is 14.8 Å². The van der Waals surface area contributed by atoms with Gasteiger partial charge in [0, 0.05) is 30.5 Å². The van der Waals surface area contributed by atoms with E-state index in [9.17, 15) is 10.1 Å². The number of rotatable bonds is 7. The van der Waals surface area contributed by atoms with Crippen molar-refractivity contribution in [1.29, 1.82) is 5.26 Å². The summed E-state index contributed by atoms with van der Waals surface area (Å²) in [4.78, 5) is 12.6. The van der Waals surface area contributed by atoms with Crippen molar-refractivity contribution in [2.75, 3.05) is 20.3 Å². The summed E-state index contributed by atoms with van der Waals surface area (Å²) in [6.45, 7) is 1.11. The van der Waals surface area contributed by atoms with E-state index in [1.54, 1.807) is 17.9 Å². The number of carbonyl (C=O) groups is 1. The lowest BCUT2D eigenvalue weighted by Gasteiger charge is -2.10. The molecule has 4 rings (SSSR count). The summed E-state index contributed by atoms with van der Waals surface area (Å²) in [5.41, 5.74) is 3.08. The quantitative estimate of drug-likeness (QED) is 0.457. The van der Waals surface area contributed by atoms with Gasteiger partial charge in [-0.1, -0.05) is 18.2 Å². The van der Waals surface area contributed by atoms with Crippen molar-refractivity contribution in [1.82, 2.24) is 15.1 Å². The highest BCUT2D eigenvalue weighted by Crippen LogP contribution is 2.27. The van der Waals surface area contributed by atoms with Gasteiger partial charge in [-0.15, -0.1) is 0 Å². The van der Waals surface area contributed by atoms with Gasteiger partial charge in [0.15, 0.2) is 0 Å². The normalized spacial score (nSPS) is 15.9. The number of nitriles is 1. The first kappa shape index (κ1) is 21.3. The molecule has 0 radical (unpaired) electrons. The summed E-state index contributed by atoms with van der Waals surface area (Å²) in [5, 5.41) is 17.2. The van der Waals surface area contributed by atoms with Gasteiger partial charge in [0.2, 0.25) is 0 Å². The minimum Gasteiger partial charge on any atom is -0.497 e. The van der Waals surface area contributed by atoms with Crippen molar-refractivity contribution in [3.05, 3.63) is 71.9 Å². The smallest absolute Gasteiger partial charge is 0.262 e. The van der Waals surface area contributed by atoms with Gasteiger partial charge in [0.05, 0.1) is 24.6 Å². The predicted molar refractivity (Wildman–Crippen MR) is 121 cm³/mol. The summed E-state index contributed by atoms with van der Waals surface area (Å²) in [6, 6.07) is 19.2. The molecule has 32 heavy (non-hydrogen) atoms. The second kappa shape index (κ2) is 9.94. The fourth-order valence-electron chi connectivity index (χ4n) is 3.59. The predicted octanol–water partition coefficient (Wildman–Crippen LogP) is 3.75. The molecule has 1 saturated heterocycles. The molecule has 7 heteroatoms. The van der Waals surface area contributed by atoms with E-state index in [0.29, 0.717) is 24.4 Å². The zero-order chi connectivity index (χ0) is 22.3. The largest absolute Gasteiger partial charge is 0.497 e. The number of hydrogen-bond acceptors (Lipinski definition) is 5. The Bertz CT molecular complexity index is 1140. The van der Waals surface area contributed by atoms with Crippen LogP contribution in [0.4, 0.5) is 0 Å². The Morgan fingerprint density at radius 1 is 1.28 bits per heavy atom. The van der Waals surface area contributed by atoms with Gasteiger partial charge in [-0.05, 0) is 55.3 Å². The zero-order valence-corrected chi connectivity index (χ0v) is 17.8. The number of nitrogens with zero attached hydrogens (tertiary/aromatic N) is 3. The Balaban J connectivity index is 1.67. The molecule has 7 nitrogen and oxygen atoms in total. The molecule has 1 amide bonds. The van der Waals surface area contributed by atoms with Gasteiger partial charge in [-0.25, -0.2) is 4.68 Å². The SMILES string of the molecule is COc1ccc(-c2nn(-c3ccccc3)cc2/C=C(\C#N)C(=O)NCC2CCCO2)cc1. The average molecular weight is 428 g/mol. The molecule has 1 unspecified atom stereocenters. The summed E-state index contributed by atoms with van der Waals surface area (Å²) in [6.07, 6.45) is 5.31. The first-order valence-corrected chi connectivity index (χ1v) is 10.5. The number of carbonyl (C=O) groups excluding carboxylic acids is 1. The molecular formula is C25H24N4O3. The minimum atomic E-state index is -0.420. The van der Waals surface area contributed by atoms with Crippen molar-refractivity contribution in [3.63, 3.8) is 0 Å². The van der Waals surface area contributed by atoms with E-state index in [2.05, 4.69) is 5.32 Å². The lowest BCUT2D eigenvalue weighted by Crippen LogP contribution is -2.32. The van der Waals surface area contributed by atoms with Crippen LogP contribution in [0, 0.1) is 11.3 Å². The number of nitrogens with one attached hydrogen (secondary N) is 1. The molecule has 1 aliphatic heterocycles. The molecule has 1 fully saturated rings. The van der Waals surface area contributed by atoms with Crippen LogP contribution in [0.25, 0.3) is 23.0 Å². The van der Waals surface area contributed by atoms with Crippen LogP contribution < -0.4 is 10.1 Å². The number of para-hydroxylation sites is 1. The highest BCUT2D eigenvalue weighted by atomic mass is 16.5. The zero-order valence-electron chi connectivity index (χ0n) is 17.8. The van der Waals surface area contributed by atoms with Crippen molar-refractivity contribution in [2.24, 2.45) is 0 Å². The molecule has 162 valence electrons. The fourth-order valence-corrected chi connectivity index (χ4v) is 3.59. The number of hydrogen-bond donors (Lipinski definition) is 1. The summed E-state index contributed by atoms with van der Waals surface area (Å²) >= 11 is 0. The van der Waals surface area contributed by atoms with Gasteiger partial charge >= 0.3 is 0 Å². The minimum absolute atomic E-state index is 0.00887. The van der Waals surface area contributed by atoms with Crippen LogP contribution in [0.15, 0.2) is 66.4 Å². The molecule has 1 atom stereocenters. The lowest BCUT2D eigenvalue weighted by atomic mass is 10.1. The standard InChI is InChI=1S/C25H24N4O3/c1-31-22-11-9-18(10-12-22)24-20(17-29(28-24)21-6-3-2-4-7-21)14-19(15-26)25(30)27-16-23-8-5-13-32-23/h2-4,6-7,9-12,14,17,23H,5,8,13,16H2,1H3,(H,27,30)/b19-14+. The van der Waals surface area contributed by atoms with Crippen LogP contribution >= 0.6 is 0 Å². The van der Waals surface area contributed by atoms with E-state index in [1.165, 1.54) is 0 Å². The van der Waals surface area contributed by atoms with E-state index in [0.717, 1.165) is 29.8 Å². The molecule has 2 aromatic carbocycles. The summed E-state index contributed by atoms with van der Waals surface area (Å²) in [5.74, 6) is 0.315. The maximum Gasteiger partial charge on any atom is 0.262 e. The molecular weight excluding hydrogens is 404 g/mol. The van der Waals surface area contributed by atoms with Crippen molar-refractivity contribution in [3.8, 4) is 28.8 Å². The monoisotopic (exact) mass is 428 g/mol. The number of benzene rings is 2.